The highest BCUT2D eigenvalue weighted by molar-refractivity contribution is 7.91. The lowest BCUT2D eigenvalue weighted by Crippen LogP contribution is -2.25. The van der Waals surface area contributed by atoms with Gasteiger partial charge in [0.05, 0.1) is 22.9 Å². The maximum Gasteiger partial charge on any atom is 0.262 e. The lowest BCUT2D eigenvalue weighted by atomic mass is 10.1. The van der Waals surface area contributed by atoms with Gasteiger partial charge < -0.3 is 10.1 Å². The van der Waals surface area contributed by atoms with Crippen molar-refractivity contribution in [2.24, 2.45) is 11.0 Å². The molecule has 3 rings (SSSR count). The number of nitrogens with one attached hydrogen (secondary N) is 2. The van der Waals surface area contributed by atoms with Gasteiger partial charge in [-0.25, -0.2) is 13.8 Å². The fourth-order valence-corrected chi connectivity index (χ4v) is 4.72. The summed E-state index contributed by atoms with van der Waals surface area (Å²) in [7, 11) is -2.99. The molecule has 2 amide bonds. The zero-order valence-corrected chi connectivity index (χ0v) is 14.6. The molecular weight excluding hydrogens is 346 g/mol. The van der Waals surface area contributed by atoms with Crippen LogP contribution in [0.2, 0.25) is 0 Å². The number of amides is 2. The number of carbonyl (C=O) groups excluding carboxylic acids is 2. The van der Waals surface area contributed by atoms with Crippen LogP contribution in [0.4, 0.5) is 5.69 Å². The first kappa shape index (κ1) is 17.4. The number of hydrogen-bond donors (Lipinski definition) is 2. The Balaban J connectivity index is 1.61. The van der Waals surface area contributed by atoms with Gasteiger partial charge in [-0.05, 0) is 43.0 Å². The largest absolute Gasteiger partial charge is 0.482 e. The molecule has 0 spiro atoms. The summed E-state index contributed by atoms with van der Waals surface area (Å²) >= 11 is 0. The first-order valence-electron chi connectivity index (χ1n) is 7.93. The molecule has 8 nitrogen and oxygen atoms in total. The predicted molar refractivity (Wildman–Crippen MR) is 92.3 cm³/mol. The maximum absolute atomic E-state index is 11.9. The molecule has 1 fully saturated rings. The lowest BCUT2D eigenvalue weighted by Gasteiger charge is -2.18. The van der Waals surface area contributed by atoms with Gasteiger partial charge in [-0.1, -0.05) is 0 Å². The third-order valence-electron chi connectivity index (χ3n) is 4.18. The molecule has 2 N–H and O–H groups in total. The number of benzene rings is 1. The van der Waals surface area contributed by atoms with Gasteiger partial charge in [0.25, 0.3) is 5.91 Å². The molecule has 0 aromatic heterocycles. The monoisotopic (exact) mass is 365 g/mol. The van der Waals surface area contributed by atoms with Crippen molar-refractivity contribution in [1.29, 1.82) is 0 Å². The molecule has 0 saturated carbocycles. The van der Waals surface area contributed by atoms with Gasteiger partial charge in [-0.15, -0.1) is 0 Å². The number of hydrazone groups is 1. The van der Waals surface area contributed by atoms with Gasteiger partial charge in [-0.3, -0.25) is 9.59 Å². The average molecular weight is 365 g/mol. The van der Waals surface area contributed by atoms with E-state index in [4.69, 9.17) is 4.74 Å². The van der Waals surface area contributed by atoms with E-state index < -0.39 is 9.84 Å². The van der Waals surface area contributed by atoms with Crippen molar-refractivity contribution in [3.05, 3.63) is 23.8 Å². The summed E-state index contributed by atoms with van der Waals surface area (Å²) in [5.74, 6) is 0.124. The van der Waals surface area contributed by atoms with Crippen LogP contribution >= 0.6 is 0 Å². The zero-order chi connectivity index (χ0) is 18.0. The van der Waals surface area contributed by atoms with Crippen LogP contribution < -0.4 is 15.5 Å². The standard InChI is InChI=1S/C16H19N3O5S/c1-10(12-2-3-14-13(7-12)17-16(21)8-24-14)18-19-15(20)6-11-4-5-25(22,23)9-11/h2-3,7,11H,4-6,8-9H2,1H3,(H,17,21)(H,19,20)/b18-10-/t11-/m0/s1. The summed E-state index contributed by atoms with van der Waals surface area (Å²) < 4.78 is 28.1. The molecule has 1 atom stereocenters. The second-order valence-corrected chi connectivity index (χ2v) is 8.48. The van der Waals surface area contributed by atoms with Crippen LogP contribution in [-0.2, 0) is 19.4 Å². The maximum atomic E-state index is 11.9. The fraction of sp³-hybridized carbons (Fsp3) is 0.438. The number of rotatable bonds is 4. The number of nitrogens with zero attached hydrogens (tertiary/aromatic N) is 1. The van der Waals surface area contributed by atoms with Crippen molar-refractivity contribution >= 4 is 33.1 Å². The molecular formula is C16H19N3O5S. The Labute approximate surface area is 145 Å². The Morgan fingerprint density at radius 1 is 1.44 bits per heavy atom. The van der Waals surface area contributed by atoms with Gasteiger partial charge in [0.1, 0.15) is 5.75 Å². The SMILES string of the molecule is C/C(=N/NC(=O)C[C@@H]1CCS(=O)(=O)C1)c1ccc2c(c1)NC(=O)CO2. The van der Waals surface area contributed by atoms with Gasteiger partial charge in [0.15, 0.2) is 16.4 Å². The first-order valence-corrected chi connectivity index (χ1v) is 9.75. The van der Waals surface area contributed by atoms with E-state index in [-0.39, 0.29) is 42.3 Å². The number of sulfone groups is 1. The molecule has 1 aromatic carbocycles. The molecule has 0 radical (unpaired) electrons. The average Bonchev–Trinajstić information content (AvgIpc) is 2.90. The Morgan fingerprint density at radius 2 is 2.24 bits per heavy atom. The van der Waals surface area contributed by atoms with E-state index in [1.165, 1.54) is 0 Å². The molecule has 0 aliphatic carbocycles. The minimum atomic E-state index is -2.99. The van der Waals surface area contributed by atoms with Crippen LogP contribution in [0.25, 0.3) is 0 Å². The second-order valence-electron chi connectivity index (χ2n) is 6.25. The molecule has 9 heteroatoms. The summed E-state index contributed by atoms with van der Waals surface area (Å²) in [5.41, 5.74) is 4.32. The third kappa shape index (κ3) is 4.36. The Bertz CT molecular complexity index is 847. The Kier molecular flexibility index (Phi) is 4.76. The van der Waals surface area contributed by atoms with Gasteiger partial charge in [0.2, 0.25) is 5.91 Å². The van der Waals surface area contributed by atoms with E-state index in [2.05, 4.69) is 15.8 Å². The topological polar surface area (TPSA) is 114 Å². The Hall–Kier alpha value is -2.42. The number of anilines is 1. The van der Waals surface area contributed by atoms with Crippen molar-refractivity contribution in [1.82, 2.24) is 5.43 Å². The van der Waals surface area contributed by atoms with Crippen molar-refractivity contribution in [3.8, 4) is 5.75 Å². The molecule has 25 heavy (non-hydrogen) atoms. The van der Waals surface area contributed by atoms with E-state index in [0.717, 1.165) is 5.56 Å². The van der Waals surface area contributed by atoms with Gasteiger partial charge in [0, 0.05) is 6.42 Å². The van der Waals surface area contributed by atoms with Crippen LogP contribution in [0.3, 0.4) is 0 Å². The summed E-state index contributed by atoms with van der Waals surface area (Å²) in [6.45, 7) is 1.72. The van der Waals surface area contributed by atoms with Crippen LogP contribution in [0.5, 0.6) is 5.75 Å². The van der Waals surface area contributed by atoms with Crippen LogP contribution in [0, 0.1) is 5.92 Å². The smallest absolute Gasteiger partial charge is 0.262 e. The van der Waals surface area contributed by atoms with Crippen LogP contribution in [0.1, 0.15) is 25.3 Å². The van der Waals surface area contributed by atoms with Crippen molar-refractivity contribution in [2.45, 2.75) is 19.8 Å². The molecule has 2 aliphatic heterocycles. The summed E-state index contributed by atoms with van der Waals surface area (Å²) in [5, 5.41) is 6.77. The third-order valence-corrected chi connectivity index (χ3v) is 6.02. The molecule has 2 heterocycles. The van der Waals surface area contributed by atoms with E-state index >= 15 is 0 Å². The number of carbonyl (C=O) groups is 2. The van der Waals surface area contributed by atoms with Gasteiger partial charge in [-0.2, -0.15) is 5.10 Å². The molecule has 0 bridgehead atoms. The molecule has 1 saturated heterocycles. The van der Waals surface area contributed by atoms with Crippen LogP contribution in [0.15, 0.2) is 23.3 Å². The second kappa shape index (κ2) is 6.83. The normalized spacial score (nSPS) is 21.9. The van der Waals surface area contributed by atoms with Crippen molar-refractivity contribution in [2.75, 3.05) is 23.4 Å². The van der Waals surface area contributed by atoms with E-state index in [9.17, 15) is 18.0 Å². The quantitative estimate of drug-likeness (QED) is 0.602. The van der Waals surface area contributed by atoms with Crippen molar-refractivity contribution < 1.29 is 22.7 Å². The van der Waals surface area contributed by atoms with E-state index in [1.807, 2.05) is 0 Å². The minimum Gasteiger partial charge on any atom is -0.482 e. The highest BCUT2D eigenvalue weighted by Gasteiger charge is 2.29. The highest BCUT2D eigenvalue weighted by atomic mass is 32.2. The Morgan fingerprint density at radius 3 is 2.96 bits per heavy atom. The predicted octanol–water partition coefficient (Wildman–Crippen LogP) is 0.683. The number of hydrogen-bond acceptors (Lipinski definition) is 6. The summed E-state index contributed by atoms with van der Waals surface area (Å²) in [6.07, 6.45) is 0.660. The van der Waals surface area contributed by atoms with Gasteiger partial charge >= 0.3 is 0 Å². The molecule has 0 unspecified atom stereocenters. The summed E-state index contributed by atoms with van der Waals surface area (Å²) in [4.78, 5) is 23.3. The molecule has 1 aromatic rings. The fourth-order valence-electron chi connectivity index (χ4n) is 2.86. The first-order chi connectivity index (χ1) is 11.8. The number of fused-ring (bicyclic) bond motifs is 1. The molecule has 134 valence electrons. The van der Waals surface area contributed by atoms with E-state index in [1.54, 1.807) is 25.1 Å². The minimum absolute atomic E-state index is 0.00758. The molecule has 2 aliphatic rings. The zero-order valence-electron chi connectivity index (χ0n) is 13.7. The number of ether oxygens (including phenoxy) is 1. The van der Waals surface area contributed by atoms with E-state index in [0.29, 0.717) is 23.6 Å². The van der Waals surface area contributed by atoms with Crippen molar-refractivity contribution in [3.63, 3.8) is 0 Å². The lowest BCUT2D eigenvalue weighted by molar-refractivity contribution is -0.122. The van der Waals surface area contributed by atoms with Crippen LogP contribution in [-0.4, -0.2) is 44.1 Å². The highest BCUT2D eigenvalue weighted by Crippen LogP contribution is 2.28. The summed E-state index contributed by atoms with van der Waals surface area (Å²) in [6, 6.07) is 5.24.